The molecule has 90 valence electrons. The maximum absolute atomic E-state index is 11.5. The second-order valence-corrected chi connectivity index (χ2v) is 5.04. The molecule has 4 heteroatoms. The van der Waals surface area contributed by atoms with Gasteiger partial charge in [0.05, 0.1) is 5.25 Å². The van der Waals surface area contributed by atoms with Gasteiger partial charge in [-0.2, -0.15) is 0 Å². The molecule has 0 aliphatic carbocycles. The van der Waals surface area contributed by atoms with Crippen LogP contribution in [0.2, 0.25) is 0 Å². The highest BCUT2D eigenvalue weighted by atomic mass is 32.2. The quantitative estimate of drug-likeness (QED) is 0.597. The van der Waals surface area contributed by atoms with E-state index in [1.54, 1.807) is 11.8 Å². The predicted molar refractivity (Wildman–Crippen MR) is 66.2 cm³/mol. The zero-order valence-electron chi connectivity index (χ0n) is 9.79. The van der Waals surface area contributed by atoms with Crippen molar-refractivity contribution in [1.29, 1.82) is 0 Å². The molecule has 0 radical (unpaired) electrons. The lowest BCUT2D eigenvalue weighted by Crippen LogP contribution is -2.31. The first-order valence-corrected chi connectivity index (χ1v) is 6.77. The first-order valence-electron chi connectivity index (χ1n) is 5.72. The lowest BCUT2D eigenvalue weighted by molar-refractivity contribution is -0.120. The summed E-state index contributed by atoms with van der Waals surface area (Å²) < 4.78 is 0. The lowest BCUT2D eigenvalue weighted by atomic mass is 10.2. The van der Waals surface area contributed by atoms with Gasteiger partial charge in [-0.3, -0.25) is 4.79 Å². The van der Waals surface area contributed by atoms with Crippen LogP contribution in [0.15, 0.2) is 0 Å². The molecular formula is C11H23NO2S. The van der Waals surface area contributed by atoms with Crippen LogP contribution < -0.4 is 5.32 Å². The molecule has 1 atom stereocenters. The largest absolute Gasteiger partial charge is 0.396 e. The molecule has 0 bridgehead atoms. The van der Waals surface area contributed by atoms with Crippen LogP contribution in [0.5, 0.6) is 0 Å². The van der Waals surface area contributed by atoms with Gasteiger partial charge in [-0.15, -0.1) is 11.8 Å². The van der Waals surface area contributed by atoms with E-state index in [2.05, 4.69) is 12.2 Å². The topological polar surface area (TPSA) is 49.3 Å². The van der Waals surface area contributed by atoms with Gasteiger partial charge in [0.2, 0.25) is 5.91 Å². The van der Waals surface area contributed by atoms with Crippen LogP contribution in [0, 0.1) is 0 Å². The third kappa shape index (κ3) is 8.75. The number of carbonyl (C=O) groups excluding carboxylic acids is 1. The van der Waals surface area contributed by atoms with Crippen LogP contribution in [0.1, 0.15) is 39.5 Å². The number of aliphatic hydroxyl groups excluding tert-OH is 1. The number of hydrogen-bond acceptors (Lipinski definition) is 3. The van der Waals surface area contributed by atoms with Gasteiger partial charge < -0.3 is 10.4 Å². The van der Waals surface area contributed by atoms with Gasteiger partial charge in [-0.05, 0) is 25.5 Å². The highest BCUT2D eigenvalue weighted by Gasteiger charge is 2.11. The highest BCUT2D eigenvalue weighted by molar-refractivity contribution is 8.00. The molecule has 0 aromatic heterocycles. The molecule has 0 spiro atoms. The van der Waals surface area contributed by atoms with Crippen molar-refractivity contribution in [3.05, 3.63) is 0 Å². The summed E-state index contributed by atoms with van der Waals surface area (Å²) in [6.07, 6.45) is 4.18. The Morgan fingerprint density at radius 3 is 2.73 bits per heavy atom. The molecule has 2 N–H and O–H groups in total. The second-order valence-electron chi connectivity index (χ2n) is 3.59. The first-order chi connectivity index (χ1) is 7.22. The SMILES string of the molecule is CCCCCNC(=O)C(C)SCCCO. The summed E-state index contributed by atoms with van der Waals surface area (Å²) in [5.74, 6) is 0.967. The fourth-order valence-electron chi connectivity index (χ4n) is 1.13. The molecule has 0 aromatic rings. The standard InChI is InChI=1S/C11H23NO2S/c1-3-4-5-7-12-11(14)10(2)15-9-6-8-13/h10,13H,3-9H2,1-2H3,(H,12,14). The fraction of sp³-hybridized carbons (Fsp3) is 0.909. The number of unbranched alkanes of at least 4 members (excludes halogenated alkanes) is 2. The number of carbonyl (C=O) groups is 1. The zero-order valence-corrected chi connectivity index (χ0v) is 10.6. The van der Waals surface area contributed by atoms with E-state index in [4.69, 9.17) is 5.11 Å². The third-order valence-corrected chi connectivity index (χ3v) is 3.36. The fourth-order valence-corrected chi connectivity index (χ4v) is 2.01. The van der Waals surface area contributed by atoms with Gasteiger partial charge in [0, 0.05) is 13.2 Å². The van der Waals surface area contributed by atoms with Crippen LogP contribution >= 0.6 is 11.8 Å². The summed E-state index contributed by atoms with van der Waals surface area (Å²) in [5, 5.41) is 11.5. The van der Waals surface area contributed by atoms with Gasteiger partial charge in [0.25, 0.3) is 0 Å². The summed E-state index contributed by atoms with van der Waals surface area (Å²) >= 11 is 1.60. The smallest absolute Gasteiger partial charge is 0.232 e. The van der Waals surface area contributed by atoms with E-state index in [0.29, 0.717) is 0 Å². The van der Waals surface area contributed by atoms with E-state index in [-0.39, 0.29) is 17.8 Å². The molecule has 0 heterocycles. The predicted octanol–water partition coefficient (Wildman–Crippen LogP) is 1.80. The maximum atomic E-state index is 11.5. The van der Waals surface area contributed by atoms with Crippen LogP contribution in [-0.2, 0) is 4.79 Å². The molecule has 0 fully saturated rings. The van der Waals surface area contributed by atoms with Crippen LogP contribution in [0.3, 0.4) is 0 Å². The second kappa shape index (κ2) is 10.3. The van der Waals surface area contributed by atoms with Crippen molar-refractivity contribution in [3.8, 4) is 0 Å². The van der Waals surface area contributed by atoms with Crippen molar-refractivity contribution in [2.45, 2.75) is 44.8 Å². The summed E-state index contributed by atoms with van der Waals surface area (Å²) in [6.45, 7) is 5.06. The minimum atomic E-state index is -0.00169. The average Bonchev–Trinajstić information content (AvgIpc) is 2.24. The van der Waals surface area contributed by atoms with E-state index in [1.807, 2.05) is 6.92 Å². The van der Waals surface area contributed by atoms with Crippen LogP contribution in [0.25, 0.3) is 0 Å². The van der Waals surface area contributed by atoms with Crippen LogP contribution in [-0.4, -0.2) is 35.2 Å². The van der Waals surface area contributed by atoms with Crippen molar-refractivity contribution in [3.63, 3.8) is 0 Å². The Balaban J connectivity index is 3.42. The molecular weight excluding hydrogens is 210 g/mol. The molecule has 15 heavy (non-hydrogen) atoms. The normalized spacial score (nSPS) is 12.5. The van der Waals surface area contributed by atoms with Crippen molar-refractivity contribution < 1.29 is 9.90 Å². The van der Waals surface area contributed by atoms with Crippen molar-refractivity contribution in [2.75, 3.05) is 18.9 Å². The third-order valence-electron chi connectivity index (χ3n) is 2.12. The molecule has 0 aromatic carbocycles. The van der Waals surface area contributed by atoms with Gasteiger partial charge in [0.15, 0.2) is 0 Å². The van der Waals surface area contributed by atoms with E-state index in [1.165, 1.54) is 12.8 Å². The molecule has 0 saturated carbocycles. The van der Waals surface area contributed by atoms with E-state index in [9.17, 15) is 4.79 Å². The first kappa shape index (κ1) is 14.8. The number of hydrogen-bond donors (Lipinski definition) is 2. The van der Waals surface area contributed by atoms with E-state index >= 15 is 0 Å². The van der Waals surface area contributed by atoms with Crippen LogP contribution in [0.4, 0.5) is 0 Å². The highest BCUT2D eigenvalue weighted by Crippen LogP contribution is 2.11. The lowest BCUT2D eigenvalue weighted by Gasteiger charge is -2.11. The molecule has 0 rings (SSSR count). The van der Waals surface area contributed by atoms with Crippen molar-refractivity contribution in [1.82, 2.24) is 5.32 Å². The summed E-state index contributed by atoms with van der Waals surface area (Å²) in [4.78, 5) is 11.5. The van der Waals surface area contributed by atoms with Gasteiger partial charge in [0.1, 0.15) is 0 Å². The Hall–Kier alpha value is -0.220. The molecule has 0 aliphatic heterocycles. The Bertz CT molecular complexity index is 165. The number of thioether (sulfide) groups is 1. The average molecular weight is 233 g/mol. The zero-order chi connectivity index (χ0) is 11.5. The van der Waals surface area contributed by atoms with Crippen molar-refractivity contribution in [2.24, 2.45) is 0 Å². The van der Waals surface area contributed by atoms with E-state index in [0.717, 1.165) is 25.1 Å². The number of amides is 1. The monoisotopic (exact) mass is 233 g/mol. The number of rotatable bonds is 9. The summed E-state index contributed by atoms with van der Waals surface area (Å²) in [5.41, 5.74) is 0. The Labute approximate surface area is 97.0 Å². The van der Waals surface area contributed by atoms with E-state index < -0.39 is 0 Å². The number of aliphatic hydroxyl groups is 1. The van der Waals surface area contributed by atoms with Gasteiger partial charge >= 0.3 is 0 Å². The molecule has 3 nitrogen and oxygen atoms in total. The summed E-state index contributed by atoms with van der Waals surface area (Å²) in [6, 6.07) is 0. The molecule has 1 amide bonds. The van der Waals surface area contributed by atoms with Crippen molar-refractivity contribution >= 4 is 17.7 Å². The van der Waals surface area contributed by atoms with Gasteiger partial charge in [-0.25, -0.2) is 0 Å². The Kier molecular flexibility index (Phi) is 10.2. The van der Waals surface area contributed by atoms with Gasteiger partial charge in [-0.1, -0.05) is 19.8 Å². The Morgan fingerprint density at radius 1 is 1.40 bits per heavy atom. The molecule has 0 aliphatic rings. The Morgan fingerprint density at radius 2 is 2.13 bits per heavy atom. The number of nitrogens with one attached hydrogen (secondary N) is 1. The maximum Gasteiger partial charge on any atom is 0.232 e. The molecule has 1 unspecified atom stereocenters. The molecule has 0 saturated heterocycles. The minimum Gasteiger partial charge on any atom is -0.396 e. The summed E-state index contributed by atoms with van der Waals surface area (Å²) in [7, 11) is 0. The minimum absolute atomic E-state index is 0.00169.